The molecule has 1 aromatic carbocycles. The van der Waals surface area contributed by atoms with E-state index in [1.165, 1.54) is 0 Å². The van der Waals surface area contributed by atoms with Gasteiger partial charge in [-0.05, 0) is 27.9 Å². The van der Waals surface area contributed by atoms with E-state index in [0.717, 1.165) is 21.1 Å². The molecular weight excluding hydrogens is 298 g/mol. The molecule has 1 aliphatic heterocycles. The van der Waals surface area contributed by atoms with Crippen LogP contribution in [0.25, 0.3) is 10.9 Å². The predicted molar refractivity (Wildman–Crippen MR) is 68.9 cm³/mol. The lowest BCUT2D eigenvalue weighted by molar-refractivity contribution is -0.134. The van der Waals surface area contributed by atoms with Crippen LogP contribution in [0.15, 0.2) is 22.8 Å². The number of amides is 2. The Morgan fingerprint density at radius 2 is 2.17 bits per heavy atom. The lowest BCUT2D eigenvalue weighted by Crippen LogP contribution is -2.39. The summed E-state index contributed by atoms with van der Waals surface area (Å²) in [4.78, 5) is 23.0. The number of aromatic amines is 1. The highest BCUT2D eigenvalue weighted by molar-refractivity contribution is 9.10. The zero-order valence-electron chi connectivity index (χ0n) is 9.37. The van der Waals surface area contributed by atoms with Crippen molar-refractivity contribution in [1.29, 1.82) is 0 Å². The van der Waals surface area contributed by atoms with Crippen molar-refractivity contribution in [3.8, 4) is 0 Å². The Morgan fingerprint density at radius 1 is 1.33 bits per heavy atom. The molecular formula is C12H10BrN3O2. The van der Waals surface area contributed by atoms with E-state index in [-0.39, 0.29) is 17.7 Å². The molecule has 6 heteroatoms. The van der Waals surface area contributed by atoms with Gasteiger partial charge in [-0.25, -0.2) is 0 Å². The van der Waals surface area contributed by atoms with Crippen LogP contribution in [0.1, 0.15) is 24.3 Å². The molecule has 0 radical (unpaired) electrons. The lowest BCUT2D eigenvalue weighted by atomic mass is 9.89. The van der Waals surface area contributed by atoms with Gasteiger partial charge in [-0.1, -0.05) is 18.2 Å². The van der Waals surface area contributed by atoms with E-state index < -0.39 is 0 Å². The molecule has 92 valence electrons. The van der Waals surface area contributed by atoms with E-state index in [9.17, 15) is 9.59 Å². The highest BCUT2D eigenvalue weighted by atomic mass is 79.9. The number of aromatic nitrogens is 2. The third-order valence-corrected chi connectivity index (χ3v) is 3.79. The minimum absolute atomic E-state index is 0.202. The maximum Gasteiger partial charge on any atom is 0.234 e. The highest BCUT2D eigenvalue weighted by Crippen LogP contribution is 2.32. The van der Waals surface area contributed by atoms with Gasteiger partial charge in [0.15, 0.2) is 0 Å². The molecule has 18 heavy (non-hydrogen) atoms. The standard InChI is InChI=1S/C12H10BrN3O2/c13-11-8-3-1-2-6(10(8)15-16-11)7-4-5-9(17)14-12(7)18/h1-3,7H,4-5H2,(H,15,16)(H,14,17,18). The normalized spacial score (nSPS) is 20.2. The summed E-state index contributed by atoms with van der Waals surface area (Å²) in [5.74, 6) is -0.744. The summed E-state index contributed by atoms with van der Waals surface area (Å²) in [7, 11) is 0. The van der Waals surface area contributed by atoms with Gasteiger partial charge < -0.3 is 0 Å². The topological polar surface area (TPSA) is 74.8 Å². The number of fused-ring (bicyclic) bond motifs is 1. The van der Waals surface area contributed by atoms with Crippen LogP contribution >= 0.6 is 15.9 Å². The third kappa shape index (κ3) is 1.73. The van der Waals surface area contributed by atoms with E-state index in [2.05, 4.69) is 31.4 Å². The van der Waals surface area contributed by atoms with Crippen molar-refractivity contribution in [3.05, 3.63) is 28.4 Å². The summed E-state index contributed by atoms with van der Waals surface area (Å²) in [6.07, 6.45) is 0.909. The Morgan fingerprint density at radius 3 is 2.94 bits per heavy atom. The molecule has 5 nitrogen and oxygen atoms in total. The van der Waals surface area contributed by atoms with Gasteiger partial charge in [0.05, 0.1) is 11.4 Å². The minimum Gasteiger partial charge on any atom is -0.296 e. The summed E-state index contributed by atoms with van der Waals surface area (Å²) >= 11 is 3.38. The number of halogens is 1. The number of nitrogens with one attached hydrogen (secondary N) is 2. The molecule has 3 rings (SSSR count). The zero-order valence-corrected chi connectivity index (χ0v) is 11.0. The van der Waals surface area contributed by atoms with Gasteiger partial charge in [-0.15, -0.1) is 0 Å². The van der Waals surface area contributed by atoms with Crippen LogP contribution < -0.4 is 5.32 Å². The second kappa shape index (κ2) is 4.20. The summed E-state index contributed by atoms with van der Waals surface area (Å²) < 4.78 is 0.798. The van der Waals surface area contributed by atoms with Gasteiger partial charge in [-0.3, -0.25) is 20.0 Å². The van der Waals surface area contributed by atoms with Crippen LogP contribution in [-0.2, 0) is 9.59 Å². The first-order valence-electron chi connectivity index (χ1n) is 5.63. The Bertz CT molecular complexity index is 650. The number of hydrogen-bond acceptors (Lipinski definition) is 3. The van der Waals surface area contributed by atoms with E-state index >= 15 is 0 Å². The van der Waals surface area contributed by atoms with E-state index in [4.69, 9.17) is 0 Å². The molecule has 1 atom stereocenters. The fourth-order valence-corrected chi connectivity index (χ4v) is 2.71. The number of H-pyrrole nitrogens is 1. The molecule has 2 N–H and O–H groups in total. The number of nitrogens with zero attached hydrogens (tertiary/aromatic N) is 1. The van der Waals surface area contributed by atoms with Crippen molar-refractivity contribution in [1.82, 2.24) is 15.5 Å². The number of piperidine rings is 1. The molecule has 1 aliphatic rings. The first-order chi connectivity index (χ1) is 8.66. The Kier molecular flexibility index (Phi) is 2.66. The van der Waals surface area contributed by atoms with Gasteiger partial charge in [0.2, 0.25) is 11.8 Å². The summed E-state index contributed by atoms with van der Waals surface area (Å²) in [6.45, 7) is 0. The van der Waals surface area contributed by atoms with Crippen LogP contribution in [-0.4, -0.2) is 22.0 Å². The fraction of sp³-hybridized carbons (Fsp3) is 0.250. The average molecular weight is 308 g/mol. The maximum absolute atomic E-state index is 11.9. The van der Waals surface area contributed by atoms with Crippen LogP contribution in [0.3, 0.4) is 0 Å². The summed E-state index contributed by atoms with van der Waals surface area (Å²) in [6, 6.07) is 5.70. The summed E-state index contributed by atoms with van der Waals surface area (Å²) in [5.41, 5.74) is 1.64. The third-order valence-electron chi connectivity index (χ3n) is 3.18. The lowest BCUT2D eigenvalue weighted by Gasteiger charge is -2.21. The SMILES string of the molecule is O=C1CCC(c2cccc3c(Br)[nH]nc23)C(=O)N1. The second-order valence-electron chi connectivity index (χ2n) is 4.28. The van der Waals surface area contributed by atoms with Crippen molar-refractivity contribution in [3.63, 3.8) is 0 Å². The van der Waals surface area contributed by atoms with Gasteiger partial charge >= 0.3 is 0 Å². The molecule has 1 unspecified atom stereocenters. The first kappa shape index (κ1) is 11.4. The zero-order chi connectivity index (χ0) is 12.7. The quantitative estimate of drug-likeness (QED) is 0.790. The minimum atomic E-state index is -0.304. The fourth-order valence-electron chi connectivity index (χ4n) is 2.30. The molecule has 1 aromatic heterocycles. The average Bonchev–Trinajstić information content (AvgIpc) is 2.72. The van der Waals surface area contributed by atoms with Crippen LogP contribution in [0.5, 0.6) is 0 Å². The molecule has 1 saturated heterocycles. The number of carbonyl (C=O) groups excluding carboxylic acids is 2. The number of imide groups is 1. The van der Waals surface area contributed by atoms with E-state index in [1.54, 1.807) is 0 Å². The van der Waals surface area contributed by atoms with E-state index in [0.29, 0.717) is 12.8 Å². The number of rotatable bonds is 1. The molecule has 0 saturated carbocycles. The maximum atomic E-state index is 11.9. The van der Waals surface area contributed by atoms with E-state index in [1.807, 2.05) is 18.2 Å². The molecule has 0 aliphatic carbocycles. The first-order valence-corrected chi connectivity index (χ1v) is 6.42. The molecule has 1 fully saturated rings. The van der Waals surface area contributed by atoms with Gasteiger partial charge in [-0.2, -0.15) is 5.10 Å². The second-order valence-corrected chi connectivity index (χ2v) is 5.08. The van der Waals surface area contributed by atoms with Crippen LogP contribution in [0.2, 0.25) is 0 Å². The molecule has 0 spiro atoms. The highest BCUT2D eigenvalue weighted by Gasteiger charge is 2.29. The molecule has 2 amide bonds. The monoisotopic (exact) mass is 307 g/mol. The van der Waals surface area contributed by atoms with Gasteiger partial charge in [0, 0.05) is 11.8 Å². The van der Waals surface area contributed by atoms with Crippen molar-refractivity contribution in [2.24, 2.45) is 0 Å². The number of hydrogen-bond donors (Lipinski definition) is 2. The molecule has 2 heterocycles. The Labute approximate surface area is 111 Å². The largest absolute Gasteiger partial charge is 0.296 e. The Hall–Kier alpha value is -1.69. The molecule has 0 bridgehead atoms. The number of benzene rings is 1. The number of para-hydroxylation sites is 1. The van der Waals surface area contributed by atoms with Gasteiger partial charge in [0.25, 0.3) is 0 Å². The van der Waals surface area contributed by atoms with Crippen molar-refractivity contribution in [2.45, 2.75) is 18.8 Å². The van der Waals surface area contributed by atoms with Crippen LogP contribution in [0.4, 0.5) is 0 Å². The van der Waals surface area contributed by atoms with Crippen molar-refractivity contribution < 1.29 is 9.59 Å². The van der Waals surface area contributed by atoms with Crippen molar-refractivity contribution >= 4 is 38.6 Å². The Balaban J connectivity index is 2.09. The number of carbonyl (C=O) groups is 2. The van der Waals surface area contributed by atoms with Crippen molar-refractivity contribution in [2.75, 3.05) is 0 Å². The summed E-state index contributed by atoms with van der Waals surface area (Å²) in [5, 5.41) is 10.4. The van der Waals surface area contributed by atoms with Gasteiger partial charge in [0.1, 0.15) is 4.60 Å². The van der Waals surface area contributed by atoms with Crippen LogP contribution in [0, 0.1) is 0 Å². The molecule has 2 aromatic rings. The smallest absolute Gasteiger partial charge is 0.234 e. The predicted octanol–water partition coefficient (Wildman–Crippen LogP) is 1.85.